The maximum Gasteiger partial charge on any atom is 0.178 e. The molecule has 0 radical (unpaired) electrons. The maximum atomic E-state index is 12.3. The van der Waals surface area contributed by atoms with Crippen LogP contribution in [0, 0.1) is 13.8 Å². The summed E-state index contributed by atoms with van der Waals surface area (Å²) in [6.45, 7) is 6.59. The fourth-order valence-corrected chi connectivity index (χ4v) is 2.70. The molecule has 0 amide bonds. The van der Waals surface area contributed by atoms with Gasteiger partial charge in [-0.2, -0.15) is 0 Å². The number of nitrogens with zero attached hydrogens (tertiary/aromatic N) is 1. The highest BCUT2D eigenvalue weighted by Crippen LogP contribution is 2.14. The van der Waals surface area contributed by atoms with Crippen molar-refractivity contribution in [2.45, 2.75) is 32.7 Å². The largest absolute Gasteiger partial charge is 0.362 e. The van der Waals surface area contributed by atoms with Crippen molar-refractivity contribution in [1.82, 2.24) is 15.2 Å². The van der Waals surface area contributed by atoms with Crippen molar-refractivity contribution in [1.29, 1.82) is 0 Å². The molecule has 1 aliphatic rings. The number of hydrogen-bond donors (Lipinski definition) is 2. The minimum absolute atomic E-state index is 0.220. The van der Waals surface area contributed by atoms with E-state index in [9.17, 15) is 4.79 Å². The molecule has 1 fully saturated rings. The number of aryl methyl sites for hydroxylation is 2. The molecule has 100 valence electrons. The molecule has 0 atom stereocenters. The molecular formula is C14H23N3O. The smallest absolute Gasteiger partial charge is 0.178 e. The first kappa shape index (κ1) is 13.3. The number of likely N-dealkylation sites (N-methyl/N-ethyl adjacent to an activating group) is 1. The van der Waals surface area contributed by atoms with Gasteiger partial charge in [-0.05, 0) is 52.9 Å². The van der Waals surface area contributed by atoms with E-state index in [4.69, 9.17) is 0 Å². The molecule has 0 saturated carbocycles. The van der Waals surface area contributed by atoms with E-state index in [0.717, 1.165) is 42.9 Å². The second-order valence-electron chi connectivity index (χ2n) is 5.31. The number of H-pyrrole nitrogens is 1. The third-order valence-electron chi connectivity index (χ3n) is 3.77. The van der Waals surface area contributed by atoms with Crippen LogP contribution in [0.3, 0.4) is 0 Å². The summed E-state index contributed by atoms with van der Waals surface area (Å²) in [6.07, 6.45) is 2.27. The predicted molar refractivity (Wildman–Crippen MR) is 73.1 cm³/mol. The zero-order chi connectivity index (χ0) is 13.1. The minimum atomic E-state index is 0.220. The number of nitrogens with one attached hydrogen (secondary N) is 2. The lowest BCUT2D eigenvalue weighted by atomic mass is 10.0. The molecule has 18 heavy (non-hydrogen) atoms. The SMILES string of the molecule is Cc1cc(C(=O)CN(C)C2CCNCC2)c(C)[nH]1. The lowest BCUT2D eigenvalue weighted by Gasteiger charge is -2.31. The van der Waals surface area contributed by atoms with Crippen molar-refractivity contribution in [2.75, 3.05) is 26.7 Å². The minimum Gasteiger partial charge on any atom is -0.362 e. The topological polar surface area (TPSA) is 48.1 Å². The van der Waals surface area contributed by atoms with Crippen LogP contribution in [-0.4, -0.2) is 48.4 Å². The Bertz CT molecular complexity index is 419. The number of Topliss-reactive ketones (excluding diaryl/α,β-unsaturated/α-hetero) is 1. The number of ketones is 1. The van der Waals surface area contributed by atoms with Gasteiger partial charge in [0.1, 0.15) is 0 Å². The van der Waals surface area contributed by atoms with Crippen LogP contribution in [-0.2, 0) is 0 Å². The van der Waals surface area contributed by atoms with Crippen molar-refractivity contribution >= 4 is 5.78 Å². The number of aromatic amines is 1. The summed E-state index contributed by atoms with van der Waals surface area (Å²) < 4.78 is 0. The summed E-state index contributed by atoms with van der Waals surface area (Å²) in [4.78, 5) is 17.6. The molecule has 0 spiro atoms. The van der Waals surface area contributed by atoms with Gasteiger partial charge in [-0.3, -0.25) is 9.69 Å². The van der Waals surface area contributed by atoms with Crippen LogP contribution in [0.1, 0.15) is 34.6 Å². The van der Waals surface area contributed by atoms with Crippen molar-refractivity contribution in [3.8, 4) is 0 Å². The highest BCUT2D eigenvalue weighted by Gasteiger charge is 2.21. The van der Waals surface area contributed by atoms with Crippen molar-refractivity contribution in [3.05, 3.63) is 23.0 Å². The lowest BCUT2D eigenvalue weighted by Crippen LogP contribution is -2.43. The summed E-state index contributed by atoms with van der Waals surface area (Å²) in [7, 11) is 2.06. The van der Waals surface area contributed by atoms with Gasteiger partial charge in [-0.1, -0.05) is 0 Å². The fourth-order valence-electron chi connectivity index (χ4n) is 2.70. The number of hydrogen-bond acceptors (Lipinski definition) is 3. The molecule has 2 heterocycles. The van der Waals surface area contributed by atoms with Crippen LogP contribution in [0.25, 0.3) is 0 Å². The van der Waals surface area contributed by atoms with Crippen LogP contribution in [0.5, 0.6) is 0 Å². The molecule has 0 aliphatic carbocycles. The van der Waals surface area contributed by atoms with Gasteiger partial charge < -0.3 is 10.3 Å². The lowest BCUT2D eigenvalue weighted by molar-refractivity contribution is 0.0903. The average molecular weight is 249 g/mol. The van der Waals surface area contributed by atoms with E-state index in [2.05, 4.69) is 22.2 Å². The average Bonchev–Trinajstić information content (AvgIpc) is 2.69. The summed E-state index contributed by atoms with van der Waals surface area (Å²) in [5.41, 5.74) is 2.88. The van der Waals surface area contributed by atoms with Crippen LogP contribution < -0.4 is 5.32 Å². The first-order chi connectivity index (χ1) is 8.58. The number of carbonyl (C=O) groups excluding carboxylic acids is 1. The number of rotatable bonds is 4. The Morgan fingerprint density at radius 1 is 1.39 bits per heavy atom. The van der Waals surface area contributed by atoms with Crippen LogP contribution in [0.4, 0.5) is 0 Å². The van der Waals surface area contributed by atoms with Crippen molar-refractivity contribution < 1.29 is 4.79 Å². The van der Waals surface area contributed by atoms with Crippen LogP contribution >= 0.6 is 0 Å². The van der Waals surface area contributed by atoms with Crippen LogP contribution in [0.15, 0.2) is 6.07 Å². The van der Waals surface area contributed by atoms with E-state index < -0.39 is 0 Å². The van der Waals surface area contributed by atoms with E-state index in [1.54, 1.807) is 0 Å². The monoisotopic (exact) mass is 249 g/mol. The molecule has 2 rings (SSSR count). The Morgan fingerprint density at radius 3 is 2.61 bits per heavy atom. The summed E-state index contributed by atoms with van der Waals surface area (Å²) in [6, 6.07) is 2.49. The maximum absolute atomic E-state index is 12.3. The zero-order valence-electron chi connectivity index (χ0n) is 11.5. The van der Waals surface area contributed by atoms with Gasteiger partial charge in [0.2, 0.25) is 0 Å². The van der Waals surface area contributed by atoms with Crippen molar-refractivity contribution in [2.24, 2.45) is 0 Å². The van der Waals surface area contributed by atoms with Gasteiger partial charge in [0.15, 0.2) is 5.78 Å². The molecule has 0 aromatic carbocycles. The highest BCUT2D eigenvalue weighted by molar-refractivity contribution is 5.98. The highest BCUT2D eigenvalue weighted by atomic mass is 16.1. The van der Waals surface area contributed by atoms with E-state index in [1.807, 2.05) is 19.9 Å². The Hall–Kier alpha value is -1.13. The van der Waals surface area contributed by atoms with E-state index in [-0.39, 0.29) is 5.78 Å². The summed E-state index contributed by atoms with van der Waals surface area (Å²) in [5, 5.41) is 3.35. The molecule has 1 saturated heterocycles. The first-order valence-corrected chi connectivity index (χ1v) is 6.68. The van der Waals surface area contributed by atoms with Gasteiger partial charge in [-0.25, -0.2) is 0 Å². The van der Waals surface area contributed by atoms with E-state index in [0.29, 0.717) is 12.6 Å². The second-order valence-corrected chi connectivity index (χ2v) is 5.31. The molecule has 1 aromatic rings. The number of piperidine rings is 1. The van der Waals surface area contributed by atoms with Gasteiger partial charge in [0.25, 0.3) is 0 Å². The second kappa shape index (κ2) is 5.67. The Morgan fingerprint density at radius 2 is 2.06 bits per heavy atom. The molecule has 1 aromatic heterocycles. The van der Waals surface area contributed by atoms with E-state index >= 15 is 0 Å². The van der Waals surface area contributed by atoms with Gasteiger partial charge in [-0.15, -0.1) is 0 Å². The van der Waals surface area contributed by atoms with Gasteiger partial charge in [0.05, 0.1) is 6.54 Å². The molecule has 4 heteroatoms. The Labute approximate surface area is 109 Å². The quantitative estimate of drug-likeness (QED) is 0.795. The number of aromatic nitrogens is 1. The van der Waals surface area contributed by atoms with Crippen LogP contribution in [0.2, 0.25) is 0 Å². The Kier molecular flexibility index (Phi) is 4.19. The number of carbonyl (C=O) groups is 1. The fraction of sp³-hybridized carbons (Fsp3) is 0.643. The van der Waals surface area contributed by atoms with Gasteiger partial charge >= 0.3 is 0 Å². The van der Waals surface area contributed by atoms with Crippen molar-refractivity contribution in [3.63, 3.8) is 0 Å². The molecule has 1 aliphatic heterocycles. The molecule has 0 unspecified atom stereocenters. The van der Waals surface area contributed by atoms with E-state index in [1.165, 1.54) is 0 Å². The normalized spacial score (nSPS) is 17.3. The predicted octanol–water partition coefficient (Wildman–Crippen LogP) is 1.50. The third kappa shape index (κ3) is 3.00. The standard InChI is InChI=1S/C14H23N3O/c1-10-8-13(11(2)16-10)14(18)9-17(3)12-4-6-15-7-5-12/h8,12,15-16H,4-7,9H2,1-3H3. The third-order valence-corrected chi connectivity index (χ3v) is 3.77. The first-order valence-electron chi connectivity index (χ1n) is 6.68. The molecular weight excluding hydrogens is 226 g/mol. The Balaban J connectivity index is 1.96. The summed E-state index contributed by atoms with van der Waals surface area (Å²) >= 11 is 0. The zero-order valence-corrected chi connectivity index (χ0v) is 11.5. The van der Waals surface area contributed by atoms with Gasteiger partial charge in [0, 0.05) is 23.0 Å². The molecule has 2 N–H and O–H groups in total. The molecule has 4 nitrogen and oxygen atoms in total. The summed E-state index contributed by atoms with van der Waals surface area (Å²) in [5.74, 6) is 0.220. The molecule has 0 bridgehead atoms.